The van der Waals surface area contributed by atoms with Crippen molar-refractivity contribution in [2.75, 3.05) is 51.3 Å². The van der Waals surface area contributed by atoms with Gasteiger partial charge in [-0.25, -0.2) is 9.97 Å². The molecule has 0 saturated carbocycles. The van der Waals surface area contributed by atoms with E-state index in [-0.39, 0.29) is 55.7 Å². The first-order valence-electron chi connectivity index (χ1n) is 12.9. The second-order valence-electron chi connectivity index (χ2n) is 9.83. The van der Waals surface area contributed by atoms with Crippen molar-refractivity contribution in [1.29, 1.82) is 5.41 Å². The van der Waals surface area contributed by atoms with Crippen molar-refractivity contribution < 1.29 is 28.1 Å². The van der Waals surface area contributed by atoms with E-state index in [0.29, 0.717) is 40.0 Å². The maximum atomic E-state index is 13.3. The summed E-state index contributed by atoms with van der Waals surface area (Å²) in [5, 5.41) is 31.9. The largest absolute Gasteiger partial charge is 0.512 e. The number of hydrogen-bond acceptors (Lipinski definition) is 9. The topological polar surface area (TPSA) is 118 Å². The maximum absolute atomic E-state index is 13.3. The van der Waals surface area contributed by atoms with Crippen LogP contribution in [0.2, 0.25) is 5.02 Å². The van der Waals surface area contributed by atoms with Crippen LogP contribution in [-0.2, 0) is 0 Å². The molecule has 1 aromatic heterocycles. The SMILES string of the molecule is CNC[C@@H](O)COc1ccc(Cl)c(-c2nc(/C(C(C)=N)=C(\C)O)c(C)c(N3CCN([C@@H](C)C(F)(F)F)CC3)n2)c1. The molecule has 4 N–H and O–H groups in total. The summed E-state index contributed by atoms with van der Waals surface area (Å²) in [5.74, 6) is 1.00. The highest BCUT2D eigenvalue weighted by Gasteiger charge is 2.41. The van der Waals surface area contributed by atoms with Crippen molar-refractivity contribution in [1.82, 2.24) is 20.2 Å². The molecular weight excluding hydrogens is 549 g/mol. The minimum absolute atomic E-state index is 0.0391. The number of ether oxygens (including phenoxy) is 1. The van der Waals surface area contributed by atoms with Crippen LogP contribution in [-0.4, -0.2) is 95.5 Å². The lowest BCUT2D eigenvalue weighted by molar-refractivity contribution is -0.179. The molecule has 1 fully saturated rings. The summed E-state index contributed by atoms with van der Waals surface area (Å²) >= 11 is 6.55. The highest BCUT2D eigenvalue weighted by molar-refractivity contribution is 6.33. The molecule has 1 aliphatic heterocycles. The van der Waals surface area contributed by atoms with Crippen LogP contribution in [0.3, 0.4) is 0 Å². The number of rotatable bonds is 10. The predicted octanol–water partition coefficient (Wildman–Crippen LogP) is 4.47. The van der Waals surface area contributed by atoms with Gasteiger partial charge in [0.15, 0.2) is 5.82 Å². The maximum Gasteiger partial charge on any atom is 0.403 e. The fourth-order valence-electron chi connectivity index (χ4n) is 4.58. The Kier molecular flexibility index (Phi) is 10.4. The molecule has 220 valence electrons. The van der Waals surface area contributed by atoms with Gasteiger partial charge in [-0.1, -0.05) is 11.6 Å². The van der Waals surface area contributed by atoms with Gasteiger partial charge in [0.25, 0.3) is 0 Å². The monoisotopic (exact) mass is 584 g/mol. The third kappa shape index (κ3) is 7.42. The third-order valence-corrected chi connectivity index (χ3v) is 7.12. The van der Waals surface area contributed by atoms with E-state index < -0.39 is 18.3 Å². The highest BCUT2D eigenvalue weighted by atomic mass is 35.5. The summed E-state index contributed by atoms with van der Waals surface area (Å²) < 4.78 is 45.6. The van der Waals surface area contributed by atoms with Gasteiger partial charge in [-0.3, -0.25) is 4.90 Å². The van der Waals surface area contributed by atoms with E-state index >= 15 is 0 Å². The number of benzene rings is 1. The molecule has 0 aliphatic carbocycles. The minimum Gasteiger partial charge on any atom is -0.512 e. The van der Waals surface area contributed by atoms with E-state index in [4.69, 9.17) is 26.7 Å². The van der Waals surface area contributed by atoms with Crippen LogP contribution in [0.1, 0.15) is 32.0 Å². The van der Waals surface area contributed by atoms with Gasteiger partial charge >= 0.3 is 6.18 Å². The number of allylic oxidation sites excluding steroid dienone is 2. The Morgan fingerprint density at radius 2 is 1.85 bits per heavy atom. The van der Waals surface area contributed by atoms with Crippen LogP contribution in [0.5, 0.6) is 5.75 Å². The van der Waals surface area contributed by atoms with Gasteiger partial charge in [0.05, 0.1) is 16.3 Å². The van der Waals surface area contributed by atoms with Gasteiger partial charge in [0.1, 0.15) is 36.1 Å². The second-order valence-corrected chi connectivity index (χ2v) is 10.2. The van der Waals surface area contributed by atoms with Crippen molar-refractivity contribution in [2.45, 2.75) is 46.0 Å². The first kappa shape index (κ1) is 31.6. The van der Waals surface area contributed by atoms with Crippen LogP contribution >= 0.6 is 11.6 Å². The lowest BCUT2D eigenvalue weighted by Gasteiger charge is -2.39. The number of aliphatic hydroxyl groups is 2. The molecule has 0 radical (unpaired) electrons. The number of hydrogen-bond donors (Lipinski definition) is 4. The zero-order valence-electron chi connectivity index (χ0n) is 23.2. The summed E-state index contributed by atoms with van der Waals surface area (Å²) in [4.78, 5) is 12.7. The zero-order chi connectivity index (χ0) is 29.8. The van der Waals surface area contributed by atoms with Gasteiger partial charge in [-0.2, -0.15) is 13.2 Å². The van der Waals surface area contributed by atoms with Crippen LogP contribution in [0, 0.1) is 12.3 Å². The summed E-state index contributed by atoms with van der Waals surface area (Å²) in [7, 11) is 1.72. The molecule has 3 rings (SSSR count). The molecule has 0 spiro atoms. The van der Waals surface area contributed by atoms with E-state index in [1.54, 1.807) is 32.2 Å². The van der Waals surface area contributed by atoms with E-state index in [9.17, 15) is 23.4 Å². The van der Waals surface area contributed by atoms with E-state index in [1.165, 1.54) is 18.7 Å². The molecule has 2 atom stereocenters. The Balaban J connectivity index is 2.06. The van der Waals surface area contributed by atoms with Crippen molar-refractivity contribution >= 4 is 28.7 Å². The van der Waals surface area contributed by atoms with Crippen LogP contribution in [0.25, 0.3) is 17.0 Å². The fourth-order valence-corrected chi connectivity index (χ4v) is 4.78. The first-order valence-corrected chi connectivity index (χ1v) is 13.3. The molecular formula is C27H36ClF3N6O3. The summed E-state index contributed by atoms with van der Waals surface area (Å²) in [5.41, 5.74) is 1.64. The molecule has 9 nitrogen and oxygen atoms in total. The number of anilines is 1. The van der Waals surface area contributed by atoms with E-state index in [0.717, 1.165) is 6.92 Å². The average molecular weight is 585 g/mol. The lowest BCUT2D eigenvalue weighted by atomic mass is 10.0. The number of nitrogens with zero attached hydrogens (tertiary/aromatic N) is 4. The third-order valence-electron chi connectivity index (χ3n) is 6.79. The molecule has 0 amide bonds. The Morgan fingerprint density at radius 1 is 1.20 bits per heavy atom. The average Bonchev–Trinajstić information content (AvgIpc) is 2.88. The minimum atomic E-state index is -4.32. The molecule has 1 saturated heterocycles. The van der Waals surface area contributed by atoms with E-state index in [2.05, 4.69) is 10.3 Å². The van der Waals surface area contributed by atoms with Gasteiger partial charge in [0.2, 0.25) is 0 Å². The lowest BCUT2D eigenvalue weighted by Crippen LogP contribution is -2.54. The Hall–Kier alpha value is -2.93. The molecule has 1 aromatic carbocycles. The molecule has 1 aliphatic rings. The predicted molar refractivity (Wildman–Crippen MR) is 151 cm³/mol. The number of piperazine rings is 1. The number of aliphatic hydroxyl groups excluding tert-OH is 2. The van der Waals surface area contributed by atoms with Crippen LogP contribution in [0.15, 0.2) is 24.0 Å². The van der Waals surface area contributed by atoms with Crippen molar-refractivity contribution in [3.05, 3.63) is 40.2 Å². The molecule has 40 heavy (non-hydrogen) atoms. The normalized spacial score (nSPS) is 16.9. The van der Waals surface area contributed by atoms with Crippen LogP contribution in [0.4, 0.5) is 19.0 Å². The molecule has 0 bridgehead atoms. The summed E-state index contributed by atoms with van der Waals surface area (Å²) in [6, 6.07) is 3.35. The number of halogens is 4. The Morgan fingerprint density at radius 3 is 2.40 bits per heavy atom. The summed E-state index contributed by atoms with van der Waals surface area (Å²) in [6.07, 6.45) is -5.05. The number of aromatic nitrogens is 2. The molecule has 13 heteroatoms. The first-order chi connectivity index (χ1) is 18.7. The quantitative estimate of drug-likeness (QED) is 0.239. The molecule has 0 unspecified atom stereocenters. The van der Waals surface area contributed by atoms with E-state index in [1.807, 2.05) is 4.90 Å². The van der Waals surface area contributed by atoms with Gasteiger partial charge in [0, 0.05) is 49.6 Å². The number of nitrogens with one attached hydrogen (secondary N) is 2. The Bertz CT molecular complexity index is 1240. The number of likely N-dealkylation sites (N-methyl/N-ethyl adjacent to an activating group) is 1. The fraction of sp³-hybridized carbons (Fsp3) is 0.519. The Labute approximate surface area is 237 Å². The van der Waals surface area contributed by atoms with Crippen molar-refractivity contribution in [3.63, 3.8) is 0 Å². The second kappa shape index (κ2) is 13.2. The molecule has 2 aromatic rings. The zero-order valence-corrected chi connectivity index (χ0v) is 24.0. The van der Waals surface area contributed by atoms with Crippen molar-refractivity contribution in [2.24, 2.45) is 0 Å². The van der Waals surface area contributed by atoms with Gasteiger partial charge in [-0.05, 0) is 52.9 Å². The smallest absolute Gasteiger partial charge is 0.403 e. The summed E-state index contributed by atoms with van der Waals surface area (Å²) in [6.45, 7) is 7.24. The van der Waals surface area contributed by atoms with Gasteiger partial charge in [-0.15, -0.1) is 0 Å². The highest BCUT2D eigenvalue weighted by Crippen LogP contribution is 2.35. The molecule has 2 heterocycles. The van der Waals surface area contributed by atoms with Crippen molar-refractivity contribution in [3.8, 4) is 17.1 Å². The number of alkyl halides is 3. The van der Waals surface area contributed by atoms with Gasteiger partial charge < -0.3 is 30.6 Å². The standard InChI is InChI=1S/C27H36ClF3N6O3/c1-15-24(23(16(2)32)17(3)38)34-25(21-12-20(6-7-22(21)28)40-14-19(39)13-33-5)35-26(15)37-10-8-36(9-11-37)18(4)27(29,30)31/h6-7,12,18-19,32-33,38-39H,8-11,13-14H2,1-5H3/b23-17+,32-16?/t18-,19+/m0/s1. The van der Waals surface area contributed by atoms with Crippen LogP contribution < -0.4 is 15.0 Å².